The third-order valence-electron chi connectivity index (χ3n) is 7.66. The molecule has 0 amide bonds. The fraction of sp³-hybridized carbons (Fsp3) is 0.533. The average Bonchev–Trinajstić information content (AvgIpc) is 2.98. The van der Waals surface area contributed by atoms with E-state index in [4.69, 9.17) is 0 Å². The molecule has 2 aromatic carbocycles. The number of hydrogen-bond acceptors (Lipinski definition) is 1. The van der Waals surface area contributed by atoms with Crippen molar-refractivity contribution in [3.05, 3.63) is 76.4 Å². The van der Waals surface area contributed by atoms with Gasteiger partial charge in [-0.2, -0.15) is 0 Å². The van der Waals surface area contributed by atoms with Gasteiger partial charge in [-0.25, -0.2) is 0 Å². The van der Waals surface area contributed by atoms with Crippen molar-refractivity contribution in [2.45, 2.75) is 65.2 Å². The first-order valence-electron chi connectivity index (χ1n) is 12.9. The maximum absolute atomic E-state index is 12.4. The second kappa shape index (κ2) is 11.3. The molecule has 172 valence electrons. The van der Waals surface area contributed by atoms with Crippen LogP contribution in [0.25, 0.3) is 5.57 Å². The zero-order valence-electron chi connectivity index (χ0n) is 20.1. The zero-order valence-corrected chi connectivity index (χ0v) is 20.1. The molecule has 1 aliphatic carbocycles. The summed E-state index contributed by atoms with van der Waals surface area (Å²) >= 11 is 0. The van der Waals surface area contributed by atoms with Crippen LogP contribution in [0.2, 0.25) is 0 Å². The Morgan fingerprint density at radius 1 is 0.969 bits per heavy atom. The lowest BCUT2D eigenvalue weighted by atomic mass is 9.84. The highest BCUT2D eigenvalue weighted by Gasteiger charge is 2.26. The van der Waals surface area contributed by atoms with Gasteiger partial charge in [0.2, 0.25) is 0 Å². The first kappa shape index (κ1) is 23.2. The summed E-state index contributed by atoms with van der Waals surface area (Å²) in [5.41, 5.74) is 8.97. The molecule has 2 aliphatic rings. The van der Waals surface area contributed by atoms with E-state index in [2.05, 4.69) is 67.3 Å². The van der Waals surface area contributed by atoms with E-state index >= 15 is 0 Å². The lowest BCUT2D eigenvalue weighted by Gasteiger charge is -2.39. The van der Waals surface area contributed by atoms with Crippen LogP contribution in [-0.2, 0) is 12.8 Å². The minimum absolute atomic E-state index is 0.194. The predicted octanol–water partition coefficient (Wildman–Crippen LogP) is 7.49. The minimum Gasteiger partial charge on any atom is -0.303 e. The van der Waals surface area contributed by atoms with Gasteiger partial charge >= 0.3 is 0 Å². The van der Waals surface area contributed by atoms with Crippen LogP contribution in [0.15, 0.2) is 54.1 Å². The summed E-state index contributed by atoms with van der Waals surface area (Å²) in [7, 11) is 0. The smallest absolute Gasteiger partial charge is 0.0906 e. The van der Waals surface area contributed by atoms with Gasteiger partial charge in [-0.15, -0.1) is 0 Å². The molecule has 1 aliphatic heterocycles. The van der Waals surface area contributed by atoms with Gasteiger partial charge in [0.05, 0.1) is 6.67 Å². The van der Waals surface area contributed by atoms with Crippen molar-refractivity contribution in [1.29, 1.82) is 0 Å². The van der Waals surface area contributed by atoms with Crippen molar-refractivity contribution >= 4 is 5.57 Å². The molecule has 4 rings (SSSR count). The molecular formula is C30H40FN. The van der Waals surface area contributed by atoms with Crippen LogP contribution in [-0.4, -0.2) is 31.2 Å². The normalized spacial score (nSPS) is 17.4. The fourth-order valence-corrected chi connectivity index (χ4v) is 5.69. The van der Waals surface area contributed by atoms with Gasteiger partial charge in [0.25, 0.3) is 0 Å². The van der Waals surface area contributed by atoms with Crippen molar-refractivity contribution in [2.75, 3.05) is 26.3 Å². The molecule has 2 heteroatoms. The highest BCUT2D eigenvalue weighted by Crippen LogP contribution is 2.38. The summed E-state index contributed by atoms with van der Waals surface area (Å²) in [6.45, 7) is 7.65. The second-order valence-electron chi connectivity index (χ2n) is 9.95. The Bertz CT molecular complexity index is 887. The fourth-order valence-electron chi connectivity index (χ4n) is 5.69. The number of likely N-dealkylation sites (tertiary alicyclic amines) is 1. The van der Waals surface area contributed by atoms with E-state index in [1.54, 1.807) is 5.57 Å². The Balaban J connectivity index is 1.55. The monoisotopic (exact) mass is 433 g/mol. The Labute approximate surface area is 194 Å². The summed E-state index contributed by atoms with van der Waals surface area (Å²) in [6.07, 6.45) is 9.24. The zero-order chi connectivity index (χ0) is 22.3. The van der Waals surface area contributed by atoms with Crippen LogP contribution in [0.5, 0.6) is 0 Å². The average molecular weight is 434 g/mol. The van der Waals surface area contributed by atoms with E-state index in [-0.39, 0.29) is 6.67 Å². The predicted molar refractivity (Wildman–Crippen MR) is 135 cm³/mol. The molecule has 2 aromatic rings. The van der Waals surface area contributed by atoms with E-state index in [1.165, 1.54) is 66.4 Å². The largest absolute Gasteiger partial charge is 0.303 e. The van der Waals surface area contributed by atoms with Crippen molar-refractivity contribution in [3.8, 4) is 0 Å². The van der Waals surface area contributed by atoms with E-state index in [0.717, 1.165) is 37.9 Å². The topological polar surface area (TPSA) is 3.24 Å². The SMILES string of the molecule is CCC(CC)CC1=C(c2ccc(CC3CN(CCCF)C3)cc2)c2ccccc2CCC1. The number of allylic oxidation sites excluding steroid dienone is 1. The maximum atomic E-state index is 12.4. The lowest BCUT2D eigenvalue weighted by molar-refractivity contribution is 0.0968. The molecule has 0 unspecified atom stereocenters. The summed E-state index contributed by atoms with van der Waals surface area (Å²) < 4.78 is 12.4. The molecule has 1 heterocycles. The lowest BCUT2D eigenvalue weighted by Crippen LogP contribution is -2.47. The molecule has 0 aromatic heterocycles. The molecule has 0 spiro atoms. The molecule has 0 N–H and O–H groups in total. The maximum Gasteiger partial charge on any atom is 0.0906 e. The van der Waals surface area contributed by atoms with E-state index < -0.39 is 0 Å². The van der Waals surface area contributed by atoms with Crippen molar-refractivity contribution in [3.63, 3.8) is 0 Å². The molecule has 0 atom stereocenters. The van der Waals surface area contributed by atoms with Gasteiger partial charge in [0, 0.05) is 19.6 Å². The first-order valence-corrected chi connectivity index (χ1v) is 12.9. The molecule has 1 saturated heterocycles. The summed E-state index contributed by atoms with van der Waals surface area (Å²) in [6, 6.07) is 18.5. The number of hydrogen-bond donors (Lipinski definition) is 0. The van der Waals surface area contributed by atoms with Gasteiger partial charge in [-0.3, -0.25) is 4.39 Å². The molecule has 0 saturated carbocycles. The van der Waals surface area contributed by atoms with Gasteiger partial charge in [-0.05, 0) is 78.2 Å². The third kappa shape index (κ3) is 5.52. The van der Waals surface area contributed by atoms with Crippen molar-refractivity contribution < 1.29 is 4.39 Å². The minimum atomic E-state index is -0.194. The molecular weight excluding hydrogens is 393 g/mol. The number of fused-ring (bicyclic) bond motifs is 1. The van der Waals surface area contributed by atoms with Gasteiger partial charge < -0.3 is 4.90 Å². The van der Waals surface area contributed by atoms with Crippen LogP contribution in [0, 0.1) is 11.8 Å². The molecule has 1 nitrogen and oxygen atoms in total. The first-order chi connectivity index (χ1) is 15.7. The standard InChI is InChI=1S/C30H40FN/c1-3-23(4-2)20-28-11-7-10-26-9-5-6-12-29(26)30(28)27-15-13-24(14-16-27)19-25-21-32(22-25)18-8-17-31/h5-6,9,12-16,23,25H,3-4,7-8,10-11,17-22H2,1-2H3. The Kier molecular flexibility index (Phi) is 8.19. The third-order valence-corrected chi connectivity index (χ3v) is 7.66. The number of alkyl halides is 1. The van der Waals surface area contributed by atoms with Gasteiger partial charge in [0.15, 0.2) is 0 Å². The van der Waals surface area contributed by atoms with Crippen LogP contribution in [0.3, 0.4) is 0 Å². The van der Waals surface area contributed by atoms with Crippen molar-refractivity contribution in [2.24, 2.45) is 11.8 Å². The van der Waals surface area contributed by atoms with E-state index in [1.807, 2.05) is 0 Å². The van der Waals surface area contributed by atoms with Crippen LogP contribution >= 0.6 is 0 Å². The summed E-state index contributed by atoms with van der Waals surface area (Å²) in [4.78, 5) is 2.38. The molecule has 0 bridgehead atoms. The highest BCUT2D eigenvalue weighted by atomic mass is 19.1. The van der Waals surface area contributed by atoms with Crippen LogP contribution in [0.4, 0.5) is 4.39 Å². The number of rotatable bonds is 10. The van der Waals surface area contributed by atoms with E-state index in [9.17, 15) is 4.39 Å². The van der Waals surface area contributed by atoms with E-state index in [0.29, 0.717) is 6.42 Å². The van der Waals surface area contributed by atoms with Crippen molar-refractivity contribution in [1.82, 2.24) is 4.90 Å². The Hall–Kier alpha value is -1.93. The second-order valence-corrected chi connectivity index (χ2v) is 9.95. The molecule has 32 heavy (non-hydrogen) atoms. The Morgan fingerprint density at radius 3 is 2.44 bits per heavy atom. The highest BCUT2D eigenvalue weighted by molar-refractivity contribution is 5.84. The summed E-state index contributed by atoms with van der Waals surface area (Å²) in [5, 5.41) is 0. The quantitative estimate of drug-likeness (QED) is 0.375. The van der Waals surface area contributed by atoms with Crippen LogP contribution < -0.4 is 0 Å². The van der Waals surface area contributed by atoms with Gasteiger partial charge in [-0.1, -0.05) is 80.8 Å². The van der Waals surface area contributed by atoms with Crippen LogP contribution in [0.1, 0.15) is 74.6 Å². The number of benzene rings is 2. The number of nitrogens with zero attached hydrogens (tertiary/aromatic N) is 1. The Morgan fingerprint density at radius 2 is 1.72 bits per heavy atom. The number of halogens is 1. The number of aryl methyl sites for hydroxylation is 1. The van der Waals surface area contributed by atoms with Gasteiger partial charge in [0.1, 0.15) is 0 Å². The summed E-state index contributed by atoms with van der Waals surface area (Å²) in [5.74, 6) is 1.51. The molecule has 0 radical (unpaired) electrons. The molecule has 1 fully saturated rings.